The van der Waals surface area contributed by atoms with E-state index in [4.69, 9.17) is 5.73 Å². The van der Waals surface area contributed by atoms with Crippen molar-refractivity contribution in [1.29, 1.82) is 0 Å². The van der Waals surface area contributed by atoms with Gasteiger partial charge in [0.05, 0.1) is 11.6 Å². The lowest BCUT2D eigenvalue weighted by molar-refractivity contribution is -0.140. The van der Waals surface area contributed by atoms with E-state index in [2.05, 4.69) is 25.3 Å². The van der Waals surface area contributed by atoms with Crippen molar-refractivity contribution >= 4 is 16.9 Å². The van der Waals surface area contributed by atoms with Gasteiger partial charge in [-0.25, -0.2) is 4.98 Å². The average Bonchev–Trinajstić information content (AvgIpc) is 2.91. The fourth-order valence-corrected chi connectivity index (χ4v) is 1.69. The zero-order valence-electron chi connectivity index (χ0n) is 9.18. The number of anilines is 1. The molecule has 0 unspecified atom stereocenters. The summed E-state index contributed by atoms with van der Waals surface area (Å²) in [5.74, 6) is -0.0769. The van der Waals surface area contributed by atoms with Gasteiger partial charge < -0.3 is 5.73 Å². The Hall–Kier alpha value is -2.65. The number of aromatic nitrogens is 6. The normalized spacial score (nSPS) is 12.2. The van der Waals surface area contributed by atoms with Crippen molar-refractivity contribution in [3.63, 3.8) is 0 Å². The molecular weight excluding hydrogens is 263 g/mol. The molecule has 0 saturated carbocycles. The third-order valence-electron chi connectivity index (χ3n) is 2.45. The molecule has 0 spiro atoms. The van der Waals surface area contributed by atoms with Crippen molar-refractivity contribution in [2.75, 3.05) is 5.73 Å². The molecular formula is C9H6F3N7. The van der Waals surface area contributed by atoms with E-state index in [1.54, 1.807) is 0 Å². The lowest BCUT2D eigenvalue weighted by Crippen LogP contribution is -2.09. The Morgan fingerprint density at radius 1 is 1.26 bits per heavy atom. The summed E-state index contributed by atoms with van der Waals surface area (Å²) in [4.78, 5) is 7.65. The molecule has 0 atom stereocenters. The average molecular weight is 269 g/mol. The standard InChI is InChI=1S/C9H6F3N7/c10-9(11,12)6-5-7(13)16-17-8(5)19(18-6)4-3-14-1-2-15-4/h1-3H,(H3,13,16,17). The maximum atomic E-state index is 12.9. The molecule has 0 fully saturated rings. The van der Waals surface area contributed by atoms with Crippen LogP contribution in [0.2, 0.25) is 0 Å². The quantitative estimate of drug-likeness (QED) is 0.690. The van der Waals surface area contributed by atoms with Crippen LogP contribution in [0.5, 0.6) is 0 Å². The van der Waals surface area contributed by atoms with E-state index in [1.165, 1.54) is 18.6 Å². The van der Waals surface area contributed by atoms with Gasteiger partial charge in [-0.3, -0.25) is 10.1 Å². The van der Waals surface area contributed by atoms with Crippen molar-refractivity contribution in [3.8, 4) is 5.82 Å². The first kappa shape index (κ1) is 11.4. The molecule has 0 aliphatic heterocycles. The molecule has 0 amide bonds. The van der Waals surface area contributed by atoms with E-state index < -0.39 is 11.9 Å². The summed E-state index contributed by atoms with van der Waals surface area (Å²) in [5.41, 5.74) is 4.30. The molecule has 0 saturated heterocycles. The van der Waals surface area contributed by atoms with Gasteiger partial charge in [0, 0.05) is 12.4 Å². The van der Waals surface area contributed by atoms with Crippen molar-refractivity contribution in [1.82, 2.24) is 29.9 Å². The van der Waals surface area contributed by atoms with Crippen molar-refractivity contribution < 1.29 is 13.2 Å². The van der Waals surface area contributed by atoms with E-state index in [0.717, 1.165) is 4.68 Å². The van der Waals surface area contributed by atoms with Crippen LogP contribution >= 0.6 is 0 Å². The zero-order chi connectivity index (χ0) is 13.6. The minimum absolute atomic E-state index is 0.0506. The Morgan fingerprint density at radius 3 is 2.68 bits per heavy atom. The minimum Gasteiger partial charge on any atom is -0.383 e. The SMILES string of the molecule is Nc1[nH]nc2c1c(C(F)(F)F)nn2-c1cnccn1. The maximum Gasteiger partial charge on any atom is 0.436 e. The van der Waals surface area contributed by atoms with E-state index in [0.29, 0.717) is 0 Å². The highest BCUT2D eigenvalue weighted by atomic mass is 19.4. The number of aromatic amines is 1. The predicted octanol–water partition coefficient (Wildman–Crippen LogP) is 1.14. The van der Waals surface area contributed by atoms with Crippen molar-refractivity contribution in [2.24, 2.45) is 0 Å². The van der Waals surface area contributed by atoms with Crippen LogP contribution in [0.1, 0.15) is 5.69 Å². The van der Waals surface area contributed by atoms with Gasteiger partial charge in [-0.2, -0.15) is 28.1 Å². The number of H-pyrrole nitrogens is 1. The number of nitrogens with zero attached hydrogens (tertiary/aromatic N) is 5. The number of hydrogen-bond acceptors (Lipinski definition) is 5. The molecule has 0 aliphatic carbocycles. The number of alkyl halides is 3. The topological polar surface area (TPSA) is 98.3 Å². The largest absolute Gasteiger partial charge is 0.436 e. The Morgan fingerprint density at radius 2 is 2.05 bits per heavy atom. The molecule has 3 aromatic rings. The number of halogens is 3. The van der Waals surface area contributed by atoms with Gasteiger partial charge in [0.1, 0.15) is 5.82 Å². The summed E-state index contributed by atoms with van der Waals surface area (Å²) in [6.07, 6.45) is -0.624. The molecule has 3 N–H and O–H groups in total. The first-order valence-electron chi connectivity index (χ1n) is 5.04. The summed E-state index contributed by atoms with van der Waals surface area (Å²) in [6, 6.07) is 0. The highest BCUT2D eigenvalue weighted by molar-refractivity contribution is 5.90. The van der Waals surface area contributed by atoms with Gasteiger partial charge in [-0.15, -0.1) is 0 Å². The van der Waals surface area contributed by atoms with Crippen LogP contribution in [0.4, 0.5) is 19.0 Å². The molecule has 0 aliphatic rings. The third kappa shape index (κ3) is 1.68. The lowest BCUT2D eigenvalue weighted by Gasteiger charge is -2.02. The summed E-state index contributed by atoms with van der Waals surface area (Å²) in [6.45, 7) is 0. The third-order valence-corrected chi connectivity index (χ3v) is 2.45. The molecule has 19 heavy (non-hydrogen) atoms. The summed E-state index contributed by atoms with van der Waals surface area (Å²) >= 11 is 0. The Bertz CT molecular complexity index is 727. The molecule has 3 heterocycles. The molecule has 10 heteroatoms. The number of nitrogen functional groups attached to an aromatic ring is 1. The molecule has 0 radical (unpaired) electrons. The number of rotatable bonds is 1. The van der Waals surface area contributed by atoms with E-state index in [-0.39, 0.29) is 22.7 Å². The Labute approximate surface area is 103 Å². The Kier molecular flexibility index (Phi) is 2.21. The summed E-state index contributed by atoms with van der Waals surface area (Å²) in [5, 5.41) is 9.21. The second kappa shape index (κ2) is 3.67. The first-order chi connectivity index (χ1) is 8.98. The highest BCUT2D eigenvalue weighted by Gasteiger charge is 2.39. The molecule has 3 aromatic heterocycles. The second-order valence-electron chi connectivity index (χ2n) is 3.66. The fourth-order valence-electron chi connectivity index (χ4n) is 1.69. The van der Waals surface area contributed by atoms with Crippen LogP contribution in [-0.2, 0) is 6.18 Å². The monoisotopic (exact) mass is 269 g/mol. The van der Waals surface area contributed by atoms with E-state index in [9.17, 15) is 13.2 Å². The number of nitrogens with one attached hydrogen (secondary N) is 1. The molecule has 0 bridgehead atoms. The molecule has 3 rings (SSSR count). The fraction of sp³-hybridized carbons (Fsp3) is 0.111. The van der Waals surface area contributed by atoms with Gasteiger partial charge in [-0.1, -0.05) is 0 Å². The van der Waals surface area contributed by atoms with Crippen LogP contribution in [-0.4, -0.2) is 29.9 Å². The molecule has 0 aromatic carbocycles. The van der Waals surface area contributed by atoms with Crippen LogP contribution in [0.15, 0.2) is 18.6 Å². The van der Waals surface area contributed by atoms with Crippen molar-refractivity contribution in [3.05, 3.63) is 24.3 Å². The van der Waals surface area contributed by atoms with Crippen LogP contribution < -0.4 is 5.73 Å². The number of fused-ring (bicyclic) bond motifs is 1. The van der Waals surface area contributed by atoms with E-state index >= 15 is 0 Å². The second-order valence-corrected chi connectivity index (χ2v) is 3.66. The number of hydrogen-bond donors (Lipinski definition) is 2. The van der Waals surface area contributed by atoms with Gasteiger partial charge in [0.25, 0.3) is 0 Å². The lowest BCUT2D eigenvalue weighted by atomic mass is 10.3. The highest BCUT2D eigenvalue weighted by Crippen LogP contribution is 2.36. The minimum atomic E-state index is -4.64. The molecule has 98 valence electrons. The molecule has 7 nitrogen and oxygen atoms in total. The maximum absolute atomic E-state index is 12.9. The number of nitrogens with two attached hydrogens (primary N) is 1. The van der Waals surface area contributed by atoms with Crippen LogP contribution in [0.3, 0.4) is 0 Å². The van der Waals surface area contributed by atoms with Gasteiger partial charge in [0.2, 0.25) is 0 Å². The predicted molar refractivity (Wildman–Crippen MR) is 58.2 cm³/mol. The smallest absolute Gasteiger partial charge is 0.383 e. The van der Waals surface area contributed by atoms with Crippen molar-refractivity contribution in [2.45, 2.75) is 6.18 Å². The Balaban J connectivity index is 2.34. The summed E-state index contributed by atoms with van der Waals surface area (Å²) < 4.78 is 39.6. The zero-order valence-corrected chi connectivity index (χ0v) is 9.18. The van der Waals surface area contributed by atoms with Crippen LogP contribution in [0.25, 0.3) is 16.9 Å². The van der Waals surface area contributed by atoms with E-state index in [1.807, 2.05) is 0 Å². The van der Waals surface area contributed by atoms with Gasteiger partial charge >= 0.3 is 6.18 Å². The first-order valence-corrected chi connectivity index (χ1v) is 5.04. The van der Waals surface area contributed by atoms with Gasteiger partial charge in [-0.05, 0) is 0 Å². The van der Waals surface area contributed by atoms with Crippen LogP contribution in [0, 0.1) is 0 Å². The summed E-state index contributed by atoms with van der Waals surface area (Å²) in [7, 11) is 0. The van der Waals surface area contributed by atoms with Gasteiger partial charge in [0.15, 0.2) is 17.2 Å².